The molecular weight excluding hydrogens is 374 g/mol. The van der Waals surface area contributed by atoms with E-state index in [4.69, 9.17) is 9.72 Å². The van der Waals surface area contributed by atoms with E-state index < -0.39 is 0 Å². The molecule has 0 bridgehead atoms. The van der Waals surface area contributed by atoms with Crippen LogP contribution in [0.25, 0.3) is 28.0 Å². The van der Waals surface area contributed by atoms with E-state index in [9.17, 15) is 0 Å². The number of ether oxygens (including phenoxy) is 1. The van der Waals surface area contributed by atoms with Crippen molar-refractivity contribution >= 4 is 5.65 Å². The van der Waals surface area contributed by atoms with Crippen LogP contribution in [0.3, 0.4) is 0 Å². The largest absolute Gasteiger partial charge is 0.471 e. The first kappa shape index (κ1) is 18.1. The van der Waals surface area contributed by atoms with Gasteiger partial charge in [0.2, 0.25) is 5.88 Å². The number of hydrogen-bond acceptors (Lipinski definition) is 4. The van der Waals surface area contributed by atoms with Gasteiger partial charge in [0.25, 0.3) is 0 Å². The summed E-state index contributed by atoms with van der Waals surface area (Å²) in [4.78, 5) is 8.79. The summed E-state index contributed by atoms with van der Waals surface area (Å²) in [5.74, 6) is 0.614. The lowest BCUT2D eigenvalue weighted by atomic mass is 10.1. The first-order valence-corrected chi connectivity index (χ1v) is 9.77. The second-order valence-electron chi connectivity index (χ2n) is 7.34. The smallest absolute Gasteiger partial charge is 0.241 e. The highest BCUT2D eigenvalue weighted by atomic mass is 16.5. The van der Waals surface area contributed by atoms with Crippen LogP contribution in [0.15, 0.2) is 79.5 Å². The molecule has 0 saturated heterocycles. The Morgan fingerprint density at radius 2 is 1.67 bits per heavy atom. The summed E-state index contributed by atoms with van der Waals surface area (Å²) in [5.41, 5.74) is 7.25. The summed E-state index contributed by atoms with van der Waals surface area (Å²) in [7, 11) is 1.89. The molecule has 5 rings (SSSR count). The van der Waals surface area contributed by atoms with Crippen molar-refractivity contribution in [2.24, 2.45) is 7.05 Å². The number of aryl methyl sites for hydroxylation is 2. The third-order valence-electron chi connectivity index (χ3n) is 5.01. The van der Waals surface area contributed by atoms with Gasteiger partial charge in [-0.2, -0.15) is 0 Å². The fourth-order valence-electron chi connectivity index (χ4n) is 3.47. The number of imidazole rings is 1. The minimum Gasteiger partial charge on any atom is -0.471 e. The van der Waals surface area contributed by atoms with Gasteiger partial charge in [0, 0.05) is 43.6 Å². The van der Waals surface area contributed by atoms with Crippen LogP contribution in [0.1, 0.15) is 11.1 Å². The quantitative estimate of drug-likeness (QED) is 0.433. The summed E-state index contributed by atoms with van der Waals surface area (Å²) < 4.78 is 9.86. The molecule has 5 aromatic rings. The maximum atomic E-state index is 6.03. The summed E-state index contributed by atoms with van der Waals surface area (Å²) in [6.45, 7) is 2.52. The lowest BCUT2D eigenvalue weighted by molar-refractivity contribution is 0.292. The van der Waals surface area contributed by atoms with Gasteiger partial charge in [0.15, 0.2) is 0 Å². The molecule has 0 radical (unpaired) electrons. The number of hydrogen-bond donors (Lipinski definition) is 0. The third-order valence-corrected chi connectivity index (χ3v) is 5.01. The van der Waals surface area contributed by atoms with Gasteiger partial charge < -0.3 is 9.14 Å². The highest BCUT2D eigenvalue weighted by molar-refractivity contribution is 5.67. The standard InChI is InChI=1S/C24H21N5O/c1-17-3-8-23-26-22(15-29(23)13-17)20-6-4-18(5-7-20)16-30-24-21(14-28(2)27-24)19-9-11-25-12-10-19/h3-15H,16H2,1-2H3. The van der Waals surface area contributed by atoms with Gasteiger partial charge in [-0.25, -0.2) is 4.98 Å². The van der Waals surface area contributed by atoms with Crippen molar-refractivity contribution in [3.63, 3.8) is 0 Å². The zero-order valence-electron chi connectivity index (χ0n) is 16.9. The van der Waals surface area contributed by atoms with Crippen molar-refractivity contribution in [3.8, 4) is 28.3 Å². The second-order valence-corrected chi connectivity index (χ2v) is 7.34. The minimum atomic E-state index is 0.444. The maximum Gasteiger partial charge on any atom is 0.241 e. The van der Waals surface area contributed by atoms with Crippen molar-refractivity contribution in [1.82, 2.24) is 24.1 Å². The number of aromatic nitrogens is 5. The first-order chi connectivity index (χ1) is 14.7. The van der Waals surface area contributed by atoms with Crippen LogP contribution >= 0.6 is 0 Å². The molecule has 0 aliphatic carbocycles. The van der Waals surface area contributed by atoms with Crippen molar-refractivity contribution in [1.29, 1.82) is 0 Å². The lowest BCUT2D eigenvalue weighted by Gasteiger charge is -2.06. The normalized spacial score (nSPS) is 11.1. The topological polar surface area (TPSA) is 57.2 Å². The Kier molecular flexibility index (Phi) is 4.52. The second kappa shape index (κ2) is 7.48. The molecule has 0 aliphatic rings. The van der Waals surface area contributed by atoms with Crippen molar-refractivity contribution in [2.75, 3.05) is 0 Å². The zero-order chi connectivity index (χ0) is 20.5. The molecule has 4 heterocycles. The lowest BCUT2D eigenvalue weighted by Crippen LogP contribution is -1.98. The Morgan fingerprint density at radius 1 is 0.867 bits per heavy atom. The van der Waals surface area contributed by atoms with Crippen LogP contribution in [0.5, 0.6) is 5.88 Å². The molecule has 0 saturated carbocycles. The average molecular weight is 395 g/mol. The summed E-state index contributed by atoms with van der Waals surface area (Å²) in [6.07, 6.45) is 9.64. The molecular formula is C24H21N5O. The molecule has 6 nitrogen and oxygen atoms in total. The number of nitrogens with zero attached hydrogens (tertiary/aromatic N) is 5. The predicted molar refractivity (Wildman–Crippen MR) is 116 cm³/mol. The van der Waals surface area contributed by atoms with Crippen molar-refractivity contribution < 1.29 is 4.74 Å². The number of fused-ring (bicyclic) bond motifs is 1. The zero-order valence-corrected chi connectivity index (χ0v) is 16.9. The van der Waals surface area contributed by atoms with E-state index in [1.807, 2.05) is 31.4 Å². The summed E-state index contributed by atoms with van der Waals surface area (Å²) >= 11 is 0. The Morgan fingerprint density at radius 3 is 2.47 bits per heavy atom. The molecule has 0 atom stereocenters. The number of rotatable bonds is 5. The van der Waals surface area contributed by atoms with Gasteiger partial charge >= 0.3 is 0 Å². The van der Waals surface area contributed by atoms with E-state index in [2.05, 4.69) is 64.1 Å². The molecule has 0 fully saturated rings. The Labute approximate surface area is 174 Å². The van der Waals surface area contributed by atoms with E-state index in [0.29, 0.717) is 12.5 Å². The van der Waals surface area contributed by atoms with Gasteiger partial charge in [-0.1, -0.05) is 30.3 Å². The van der Waals surface area contributed by atoms with Crippen LogP contribution < -0.4 is 4.74 Å². The van der Waals surface area contributed by atoms with Crippen LogP contribution in [0.2, 0.25) is 0 Å². The van der Waals surface area contributed by atoms with Gasteiger partial charge in [-0.05, 0) is 41.8 Å². The van der Waals surface area contributed by atoms with Crippen LogP contribution in [0.4, 0.5) is 0 Å². The molecule has 4 aromatic heterocycles. The molecule has 0 aliphatic heterocycles. The van der Waals surface area contributed by atoms with E-state index in [0.717, 1.165) is 33.6 Å². The van der Waals surface area contributed by atoms with Crippen molar-refractivity contribution in [3.05, 3.63) is 90.6 Å². The molecule has 0 N–H and O–H groups in total. The molecule has 0 spiro atoms. The fourth-order valence-corrected chi connectivity index (χ4v) is 3.47. The number of benzene rings is 1. The van der Waals surface area contributed by atoms with E-state index in [-0.39, 0.29) is 0 Å². The third kappa shape index (κ3) is 3.55. The SMILES string of the molecule is Cc1ccc2nc(-c3ccc(COc4nn(C)cc4-c4ccncc4)cc3)cn2c1. The highest BCUT2D eigenvalue weighted by Crippen LogP contribution is 2.29. The molecule has 1 aromatic carbocycles. The average Bonchev–Trinajstić information content (AvgIpc) is 3.36. The maximum absolute atomic E-state index is 6.03. The Balaban J connectivity index is 1.33. The predicted octanol–water partition coefficient (Wildman–Crippen LogP) is 4.68. The van der Waals surface area contributed by atoms with Crippen molar-refractivity contribution in [2.45, 2.75) is 13.5 Å². The molecule has 148 valence electrons. The monoisotopic (exact) mass is 395 g/mol. The number of pyridine rings is 2. The Hall–Kier alpha value is -3.93. The highest BCUT2D eigenvalue weighted by Gasteiger charge is 2.12. The van der Waals surface area contributed by atoms with Gasteiger partial charge in [0.1, 0.15) is 12.3 Å². The minimum absolute atomic E-state index is 0.444. The van der Waals surface area contributed by atoms with E-state index in [1.54, 1.807) is 17.1 Å². The molecule has 0 amide bonds. The molecule has 6 heteroatoms. The molecule has 0 unspecified atom stereocenters. The van der Waals surface area contributed by atoms with Crippen LogP contribution in [-0.2, 0) is 13.7 Å². The Bertz CT molecular complexity index is 1300. The van der Waals surface area contributed by atoms with E-state index in [1.165, 1.54) is 5.56 Å². The summed E-state index contributed by atoms with van der Waals surface area (Å²) in [6, 6.07) is 16.3. The van der Waals surface area contributed by atoms with Crippen LogP contribution in [-0.4, -0.2) is 24.1 Å². The van der Waals surface area contributed by atoms with Crippen LogP contribution in [0, 0.1) is 6.92 Å². The first-order valence-electron chi connectivity index (χ1n) is 9.77. The van der Waals surface area contributed by atoms with E-state index >= 15 is 0 Å². The fraction of sp³-hybridized carbons (Fsp3) is 0.125. The van der Waals surface area contributed by atoms with Gasteiger partial charge in [0.05, 0.1) is 11.3 Å². The van der Waals surface area contributed by atoms with Gasteiger partial charge in [-0.3, -0.25) is 9.67 Å². The summed E-state index contributed by atoms with van der Waals surface area (Å²) in [5, 5.41) is 4.46. The molecule has 30 heavy (non-hydrogen) atoms. The van der Waals surface area contributed by atoms with Gasteiger partial charge in [-0.15, -0.1) is 5.10 Å².